The first kappa shape index (κ1) is 25.6. The van der Waals surface area contributed by atoms with Crippen LogP contribution in [0.2, 0.25) is 0 Å². The van der Waals surface area contributed by atoms with Gasteiger partial charge in [0, 0.05) is 23.5 Å². The lowest BCUT2D eigenvalue weighted by Gasteiger charge is -2.43. The van der Waals surface area contributed by atoms with E-state index in [0.29, 0.717) is 5.75 Å². The van der Waals surface area contributed by atoms with Gasteiger partial charge in [0.05, 0.1) is 12.1 Å². The highest BCUT2D eigenvalue weighted by molar-refractivity contribution is 5.84. The van der Waals surface area contributed by atoms with E-state index in [9.17, 15) is 27.6 Å². The van der Waals surface area contributed by atoms with Crippen LogP contribution in [0.4, 0.5) is 33.7 Å². The molecule has 10 heteroatoms. The molecule has 0 radical (unpaired) electrons. The molecule has 36 heavy (non-hydrogen) atoms. The SMILES string of the molecule is C[C@@H](OC(=O)Nc1ccc(C2N(C3CCC3)c3cc(OCCF)ccc3C2(C)C#N)cc1)C(F)(F)F. The molecule has 1 amide bonds. The molecule has 192 valence electrons. The molecule has 3 atom stereocenters. The van der Waals surface area contributed by atoms with Gasteiger partial charge in [0.25, 0.3) is 0 Å². The summed E-state index contributed by atoms with van der Waals surface area (Å²) in [6.07, 6.45) is -5.08. The van der Waals surface area contributed by atoms with Crippen LogP contribution in [0.15, 0.2) is 42.5 Å². The van der Waals surface area contributed by atoms with Crippen LogP contribution >= 0.6 is 0 Å². The molecule has 1 saturated carbocycles. The molecule has 2 aromatic carbocycles. The normalized spacial score (nSPS) is 22.2. The van der Waals surface area contributed by atoms with Crippen LogP contribution in [-0.2, 0) is 10.2 Å². The maximum atomic E-state index is 12.7. The van der Waals surface area contributed by atoms with Crippen LogP contribution in [0.3, 0.4) is 0 Å². The zero-order chi connectivity index (χ0) is 26.1. The monoisotopic (exact) mass is 505 g/mol. The van der Waals surface area contributed by atoms with E-state index in [0.717, 1.165) is 43.0 Å². The van der Waals surface area contributed by atoms with E-state index in [1.54, 1.807) is 30.3 Å². The van der Waals surface area contributed by atoms with Crippen molar-refractivity contribution in [2.24, 2.45) is 0 Å². The summed E-state index contributed by atoms with van der Waals surface area (Å²) >= 11 is 0. The number of amides is 1. The molecule has 4 rings (SSSR count). The fourth-order valence-corrected chi connectivity index (χ4v) is 4.79. The third-order valence-corrected chi connectivity index (χ3v) is 6.90. The van der Waals surface area contributed by atoms with E-state index in [2.05, 4.69) is 21.0 Å². The number of carbonyl (C=O) groups is 1. The zero-order valence-corrected chi connectivity index (χ0v) is 19.9. The number of rotatable bonds is 7. The van der Waals surface area contributed by atoms with Crippen LogP contribution in [0.1, 0.15) is 50.3 Å². The minimum Gasteiger partial charge on any atom is -0.491 e. The number of alkyl halides is 4. The predicted molar refractivity (Wildman–Crippen MR) is 126 cm³/mol. The first-order chi connectivity index (χ1) is 17.1. The lowest BCUT2D eigenvalue weighted by molar-refractivity contribution is -0.196. The van der Waals surface area contributed by atoms with Gasteiger partial charge in [0.1, 0.15) is 24.4 Å². The molecule has 0 spiro atoms. The number of hydrogen-bond donors (Lipinski definition) is 1. The van der Waals surface area contributed by atoms with Crippen molar-refractivity contribution in [3.63, 3.8) is 0 Å². The number of hydrogen-bond acceptors (Lipinski definition) is 5. The third kappa shape index (κ3) is 4.79. The Morgan fingerprint density at radius 2 is 1.94 bits per heavy atom. The number of anilines is 2. The summed E-state index contributed by atoms with van der Waals surface area (Å²) in [5.41, 5.74) is 1.90. The summed E-state index contributed by atoms with van der Waals surface area (Å²) in [7, 11) is 0. The molecule has 1 heterocycles. The summed E-state index contributed by atoms with van der Waals surface area (Å²) < 4.78 is 60.5. The van der Waals surface area contributed by atoms with Crippen molar-refractivity contribution in [3.05, 3.63) is 53.6 Å². The second-order valence-corrected chi connectivity index (χ2v) is 9.26. The first-order valence-electron chi connectivity index (χ1n) is 11.8. The topological polar surface area (TPSA) is 74.6 Å². The van der Waals surface area contributed by atoms with E-state index >= 15 is 0 Å². The quantitative estimate of drug-likeness (QED) is 0.439. The van der Waals surface area contributed by atoms with Gasteiger partial charge < -0.3 is 14.4 Å². The van der Waals surface area contributed by atoms with Gasteiger partial charge in [0.15, 0.2) is 6.10 Å². The Morgan fingerprint density at radius 3 is 2.50 bits per heavy atom. The van der Waals surface area contributed by atoms with Crippen molar-refractivity contribution >= 4 is 17.5 Å². The highest BCUT2D eigenvalue weighted by Crippen LogP contribution is 2.56. The summed E-state index contributed by atoms with van der Waals surface area (Å²) in [4.78, 5) is 14.1. The molecule has 6 nitrogen and oxygen atoms in total. The summed E-state index contributed by atoms with van der Waals surface area (Å²) in [5.74, 6) is 0.530. The van der Waals surface area contributed by atoms with E-state index in [-0.39, 0.29) is 24.4 Å². The van der Waals surface area contributed by atoms with Crippen molar-refractivity contribution in [2.45, 2.75) is 62.9 Å². The number of fused-ring (bicyclic) bond motifs is 1. The van der Waals surface area contributed by atoms with Crippen molar-refractivity contribution in [1.82, 2.24) is 0 Å². The minimum atomic E-state index is -4.65. The average Bonchev–Trinajstić information content (AvgIpc) is 3.05. The molecular weight excluding hydrogens is 478 g/mol. The Hall–Kier alpha value is -3.48. The predicted octanol–water partition coefficient (Wildman–Crippen LogP) is 6.43. The number of halogens is 4. The number of ether oxygens (including phenoxy) is 2. The van der Waals surface area contributed by atoms with Gasteiger partial charge in [-0.1, -0.05) is 18.2 Å². The molecule has 1 aliphatic carbocycles. The highest BCUT2D eigenvalue weighted by Gasteiger charge is 2.52. The van der Waals surface area contributed by atoms with Gasteiger partial charge >= 0.3 is 12.3 Å². The van der Waals surface area contributed by atoms with E-state index in [1.165, 1.54) is 0 Å². The number of nitrogens with one attached hydrogen (secondary N) is 1. The molecular formula is C26H27F4N3O3. The maximum absolute atomic E-state index is 12.7. The molecule has 2 aliphatic rings. The van der Waals surface area contributed by atoms with E-state index < -0.39 is 30.5 Å². The molecule has 0 saturated heterocycles. The summed E-state index contributed by atoms with van der Waals surface area (Å²) in [6, 6.07) is 14.5. The van der Waals surface area contributed by atoms with Gasteiger partial charge in [-0.3, -0.25) is 5.32 Å². The molecule has 1 fully saturated rings. The minimum absolute atomic E-state index is 0.0557. The number of carbonyl (C=O) groups excluding carboxylic acids is 1. The Bertz CT molecular complexity index is 1140. The van der Waals surface area contributed by atoms with Gasteiger partial charge in [0.2, 0.25) is 0 Å². The zero-order valence-electron chi connectivity index (χ0n) is 19.9. The van der Waals surface area contributed by atoms with Crippen molar-refractivity contribution in [1.29, 1.82) is 5.26 Å². The molecule has 1 N–H and O–H groups in total. The fourth-order valence-electron chi connectivity index (χ4n) is 4.79. The Labute approximate surface area is 206 Å². The highest BCUT2D eigenvalue weighted by atomic mass is 19.4. The van der Waals surface area contributed by atoms with Crippen LogP contribution in [0.25, 0.3) is 0 Å². The first-order valence-corrected chi connectivity index (χ1v) is 11.8. The van der Waals surface area contributed by atoms with Gasteiger partial charge in [-0.05, 0) is 62.4 Å². The smallest absolute Gasteiger partial charge is 0.425 e. The largest absolute Gasteiger partial charge is 0.491 e. The van der Waals surface area contributed by atoms with Gasteiger partial charge in [-0.15, -0.1) is 0 Å². The number of nitrogens with zero attached hydrogens (tertiary/aromatic N) is 2. The molecule has 0 bridgehead atoms. The van der Waals surface area contributed by atoms with Crippen LogP contribution in [0.5, 0.6) is 5.75 Å². The second-order valence-electron chi connectivity index (χ2n) is 9.26. The number of nitriles is 1. The third-order valence-electron chi connectivity index (χ3n) is 6.90. The fraction of sp³-hybridized carbons (Fsp3) is 0.462. The van der Waals surface area contributed by atoms with Crippen molar-refractivity contribution < 1.29 is 31.8 Å². The Morgan fingerprint density at radius 1 is 1.25 bits per heavy atom. The van der Waals surface area contributed by atoms with Crippen LogP contribution in [0, 0.1) is 11.3 Å². The van der Waals surface area contributed by atoms with Gasteiger partial charge in [-0.25, -0.2) is 9.18 Å². The summed E-state index contributed by atoms with van der Waals surface area (Å²) in [5, 5.41) is 12.6. The van der Waals surface area contributed by atoms with Crippen LogP contribution < -0.4 is 15.0 Å². The molecule has 1 aliphatic heterocycles. The van der Waals surface area contributed by atoms with Crippen molar-refractivity contribution in [3.8, 4) is 11.8 Å². The standard InChI is InChI=1S/C26H27F4N3O3/c1-16(26(28,29)30)36-24(34)32-18-8-6-17(7-9-18)23-25(2,15-31)21-11-10-20(35-13-12-27)14-22(21)33(23)19-4-3-5-19/h6-11,14,16,19,23H,3-5,12-13H2,1-2H3,(H,32,34)/t16-,23?,25?/m1/s1. The van der Waals surface area contributed by atoms with Gasteiger partial charge in [-0.2, -0.15) is 18.4 Å². The average molecular weight is 506 g/mol. The Balaban J connectivity index is 1.62. The summed E-state index contributed by atoms with van der Waals surface area (Å²) in [6.45, 7) is 1.97. The molecule has 0 aromatic heterocycles. The number of benzene rings is 2. The van der Waals surface area contributed by atoms with E-state index in [1.807, 2.05) is 19.1 Å². The molecule has 2 unspecified atom stereocenters. The van der Waals surface area contributed by atoms with Crippen molar-refractivity contribution in [2.75, 3.05) is 23.5 Å². The lowest BCUT2D eigenvalue weighted by atomic mass is 9.76. The Kier molecular flexibility index (Phi) is 7.03. The second kappa shape index (κ2) is 9.88. The lowest BCUT2D eigenvalue weighted by Crippen LogP contribution is -2.44. The molecule has 2 aromatic rings. The maximum Gasteiger partial charge on any atom is 0.425 e. The van der Waals surface area contributed by atoms with Crippen LogP contribution in [-0.4, -0.2) is 37.7 Å². The van der Waals surface area contributed by atoms with E-state index in [4.69, 9.17) is 4.74 Å².